The maximum absolute atomic E-state index is 13.5. The van der Waals surface area contributed by atoms with E-state index in [0.29, 0.717) is 24.4 Å². The predicted molar refractivity (Wildman–Crippen MR) is 79.5 cm³/mol. The molecule has 3 nitrogen and oxygen atoms in total. The minimum Gasteiger partial charge on any atom is -0.323 e. The molecule has 1 amide bonds. The molecule has 2 N–H and O–H groups in total. The van der Waals surface area contributed by atoms with Crippen LogP contribution in [0.25, 0.3) is 0 Å². The summed E-state index contributed by atoms with van der Waals surface area (Å²) in [6, 6.07) is 4.85. The number of amides is 1. The number of halogens is 3. The van der Waals surface area contributed by atoms with Crippen molar-refractivity contribution in [3.63, 3.8) is 0 Å². The highest BCUT2D eigenvalue weighted by Gasteiger charge is 2.34. The van der Waals surface area contributed by atoms with Crippen LogP contribution in [0.1, 0.15) is 32.1 Å². The van der Waals surface area contributed by atoms with Gasteiger partial charge >= 0.3 is 0 Å². The first kappa shape index (κ1) is 16.2. The van der Waals surface area contributed by atoms with E-state index < -0.39 is 11.6 Å². The summed E-state index contributed by atoms with van der Waals surface area (Å²) < 4.78 is 26.5. The summed E-state index contributed by atoms with van der Waals surface area (Å²) >= 11 is 0. The summed E-state index contributed by atoms with van der Waals surface area (Å²) in [5, 5.41) is 5.99. The third-order valence-corrected chi connectivity index (χ3v) is 4.27. The van der Waals surface area contributed by atoms with Gasteiger partial charge in [-0.2, -0.15) is 0 Å². The van der Waals surface area contributed by atoms with Crippen LogP contribution in [0.4, 0.5) is 14.5 Å². The largest absolute Gasteiger partial charge is 0.323 e. The Morgan fingerprint density at radius 1 is 1.24 bits per heavy atom. The van der Waals surface area contributed by atoms with Gasteiger partial charge in [0.2, 0.25) is 5.91 Å². The fourth-order valence-electron chi connectivity index (χ4n) is 3.41. The quantitative estimate of drug-likeness (QED) is 0.899. The molecule has 2 atom stereocenters. The number of carbonyl (C=O) groups is 1. The average molecular weight is 317 g/mol. The minimum atomic E-state index is -0.994. The molecule has 2 aliphatic heterocycles. The van der Waals surface area contributed by atoms with Gasteiger partial charge < -0.3 is 10.6 Å². The normalized spacial score (nSPS) is 27.0. The highest BCUT2D eigenvalue weighted by atomic mass is 35.5. The van der Waals surface area contributed by atoms with Crippen molar-refractivity contribution in [1.29, 1.82) is 0 Å². The van der Waals surface area contributed by atoms with Crippen LogP contribution in [-0.4, -0.2) is 18.0 Å². The Morgan fingerprint density at radius 2 is 1.90 bits per heavy atom. The Bertz CT molecular complexity index is 514. The van der Waals surface area contributed by atoms with Gasteiger partial charge in [-0.1, -0.05) is 6.07 Å². The summed E-state index contributed by atoms with van der Waals surface area (Å²) in [6.45, 7) is 0. The van der Waals surface area contributed by atoms with E-state index >= 15 is 0 Å². The molecule has 2 fully saturated rings. The third-order valence-electron chi connectivity index (χ3n) is 4.27. The van der Waals surface area contributed by atoms with E-state index in [-0.39, 0.29) is 24.0 Å². The van der Waals surface area contributed by atoms with Crippen LogP contribution in [-0.2, 0) is 4.79 Å². The summed E-state index contributed by atoms with van der Waals surface area (Å²) in [5.41, 5.74) is -0.0769. The summed E-state index contributed by atoms with van der Waals surface area (Å²) in [4.78, 5) is 12.0. The second-order valence-electron chi connectivity index (χ2n) is 5.83. The lowest BCUT2D eigenvalue weighted by atomic mass is 9.89. The number of piperidine rings is 1. The number of fused-ring (bicyclic) bond motifs is 2. The van der Waals surface area contributed by atoms with Gasteiger partial charge in [0.1, 0.15) is 0 Å². The van der Waals surface area contributed by atoms with E-state index in [4.69, 9.17) is 0 Å². The Hall–Kier alpha value is -1.20. The molecule has 2 aliphatic rings. The zero-order valence-electron chi connectivity index (χ0n) is 11.6. The molecule has 0 spiro atoms. The van der Waals surface area contributed by atoms with Gasteiger partial charge in [0.25, 0.3) is 0 Å². The molecule has 2 heterocycles. The van der Waals surface area contributed by atoms with Crippen molar-refractivity contribution < 1.29 is 13.6 Å². The topological polar surface area (TPSA) is 41.1 Å². The summed E-state index contributed by atoms with van der Waals surface area (Å²) in [5.74, 6) is -1.83. The smallest absolute Gasteiger partial charge is 0.224 e. The molecule has 1 aromatic rings. The Kier molecular flexibility index (Phi) is 5.17. The molecule has 0 aromatic heterocycles. The van der Waals surface area contributed by atoms with Gasteiger partial charge in [-0.25, -0.2) is 8.78 Å². The van der Waals surface area contributed by atoms with Crippen molar-refractivity contribution in [3.8, 4) is 0 Å². The average Bonchev–Trinajstić information content (AvgIpc) is 2.74. The Morgan fingerprint density at radius 3 is 2.57 bits per heavy atom. The van der Waals surface area contributed by atoms with Crippen LogP contribution in [0.3, 0.4) is 0 Å². The lowest BCUT2D eigenvalue weighted by Gasteiger charge is -2.28. The zero-order valence-corrected chi connectivity index (χ0v) is 12.4. The van der Waals surface area contributed by atoms with Crippen molar-refractivity contribution in [3.05, 3.63) is 29.8 Å². The van der Waals surface area contributed by atoms with Crippen molar-refractivity contribution in [2.45, 2.75) is 44.2 Å². The highest BCUT2D eigenvalue weighted by Crippen LogP contribution is 2.32. The first-order chi connectivity index (χ1) is 9.61. The van der Waals surface area contributed by atoms with E-state index in [1.165, 1.54) is 25.0 Å². The first-order valence-corrected chi connectivity index (χ1v) is 7.11. The van der Waals surface area contributed by atoms with E-state index in [9.17, 15) is 13.6 Å². The molecule has 1 aromatic carbocycles. The van der Waals surface area contributed by atoms with Crippen LogP contribution in [0.5, 0.6) is 0 Å². The zero-order chi connectivity index (χ0) is 14.1. The van der Waals surface area contributed by atoms with Crippen LogP contribution in [0.2, 0.25) is 0 Å². The third kappa shape index (κ3) is 3.71. The first-order valence-electron chi connectivity index (χ1n) is 7.11. The second-order valence-corrected chi connectivity index (χ2v) is 5.83. The number of hydrogen-bond donors (Lipinski definition) is 2. The van der Waals surface area contributed by atoms with Gasteiger partial charge in [0.05, 0.1) is 5.69 Å². The molecule has 21 heavy (non-hydrogen) atoms. The Balaban J connectivity index is 0.00000161. The number of nitrogens with one attached hydrogen (secondary N) is 2. The molecule has 2 saturated heterocycles. The highest BCUT2D eigenvalue weighted by molar-refractivity contribution is 5.91. The molecule has 0 saturated carbocycles. The van der Waals surface area contributed by atoms with Crippen LogP contribution in [0, 0.1) is 17.6 Å². The number of carbonyl (C=O) groups excluding carboxylic acids is 1. The summed E-state index contributed by atoms with van der Waals surface area (Å²) in [7, 11) is 0. The van der Waals surface area contributed by atoms with Crippen LogP contribution in [0.15, 0.2) is 18.2 Å². The molecular weight excluding hydrogens is 298 g/mol. The molecule has 2 unspecified atom stereocenters. The number of rotatable bonds is 3. The lowest BCUT2D eigenvalue weighted by molar-refractivity contribution is -0.117. The van der Waals surface area contributed by atoms with Crippen LogP contribution >= 0.6 is 12.4 Å². The Labute approximate surface area is 128 Å². The van der Waals surface area contributed by atoms with E-state index in [2.05, 4.69) is 10.6 Å². The monoisotopic (exact) mass is 316 g/mol. The van der Waals surface area contributed by atoms with Gasteiger partial charge in [-0.05, 0) is 43.7 Å². The van der Waals surface area contributed by atoms with E-state index in [1.54, 1.807) is 0 Å². The van der Waals surface area contributed by atoms with Crippen molar-refractivity contribution in [2.24, 2.45) is 5.92 Å². The van der Waals surface area contributed by atoms with Gasteiger partial charge in [0, 0.05) is 18.5 Å². The molecule has 3 rings (SSSR count). The fraction of sp³-hybridized carbons (Fsp3) is 0.533. The molecule has 2 bridgehead atoms. The minimum absolute atomic E-state index is 0. The molecule has 0 radical (unpaired) electrons. The van der Waals surface area contributed by atoms with E-state index in [0.717, 1.165) is 18.9 Å². The lowest BCUT2D eigenvalue weighted by Crippen LogP contribution is -2.39. The molecule has 0 aliphatic carbocycles. The van der Waals surface area contributed by atoms with Gasteiger partial charge in [0.15, 0.2) is 11.6 Å². The van der Waals surface area contributed by atoms with Crippen molar-refractivity contribution in [1.82, 2.24) is 5.32 Å². The standard InChI is InChI=1S/C15H18F2N2O.ClH/c16-12-2-1-3-13(15(12)17)19-14(20)8-9-6-10-4-5-11(7-9)18-10;/h1-3,9-11,18H,4-8H2,(H,19,20);1H. The molecular formula is C15H19ClF2N2O. The van der Waals surface area contributed by atoms with E-state index in [1.807, 2.05) is 0 Å². The fourth-order valence-corrected chi connectivity index (χ4v) is 3.41. The maximum Gasteiger partial charge on any atom is 0.224 e. The molecule has 6 heteroatoms. The maximum atomic E-state index is 13.5. The van der Waals surface area contributed by atoms with Crippen molar-refractivity contribution in [2.75, 3.05) is 5.32 Å². The SMILES string of the molecule is Cl.O=C(CC1CC2CCC(C1)N2)Nc1cccc(F)c1F. The number of hydrogen-bond acceptors (Lipinski definition) is 2. The van der Waals surface area contributed by atoms with Gasteiger partial charge in [-0.3, -0.25) is 4.79 Å². The van der Waals surface area contributed by atoms with Crippen molar-refractivity contribution >= 4 is 24.0 Å². The number of anilines is 1. The molecule has 116 valence electrons. The second kappa shape index (κ2) is 6.71. The van der Waals surface area contributed by atoms with Gasteiger partial charge in [-0.15, -0.1) is 12.4 Å². The summed E-state index contributed by atoms with van der Waals surface area (Å²) in [6.07, 6.45) is 4.73. The predicted octanol–water partition coefficient (Wildman–Crippen LogP) is 3.25. The number of benzene rings is 1. The van der Waals surface area contributed by atoms with Crippen LogP contribution < -0.4 is 10.6 Å².